The second kappa shape index (κ2) is 6.39. The predicted molar refractivity (Wildman–Crippen MR) is 70.1 cm³/mol. The lowest BCUT2D eigenvalue weighted by Gasteiger charge is -2.37. The van der Waals surface area contributed by atoms with Crippen LogP contribution in [0.15, 0.2) is 0 Å². The SMILES string of the molecule is CCN(CC1CCC1)CC(CC)(CC)C(=O)O. The Morgan fingerprint density at radius 2 is 1.88 bits per heavy atom. The van der Waals surface area contributed by atoms with Gasteiger partial charge in [0.1, 0.15) is 0 Å². The van der Waals surface area contributed by atoms with Crippen LogP contribution in [0.5, 0.6) is 0 Å². The summed E-state index contributed by atoms with van der Waals surface area (Å²) in [6, 6.07) is 0. The first kappa shape index (κ1) is 14.5. The van der Waals surface area contributed by atoms with E-state index >= 15 is 0 Å². The highest BCUT2D eigenvalue weighted by Gasteiger charge is 2.37. The van der Waals surface area contributed by atoms with E-state index in [1.165, 1.54) is 19.3 Å². The van der Waals surface area contributed by atoms with Gasteiger partial charge in [0.25, 0.3) is 0 Å². The van der Waals surface area contributed by atoms with Crippen molar-refractivity contribution in [3.05, 3.63) is 0 Å². The number of carbonyl (C=O) groups is 1. The third-order valence-corrected chi connectivity index (χ3v) is 4.52. The second-order valence-electron chi connectivity index (χ2n) is 5.42. The lowest BCUT2D eigenvalue weighted by atomic mass is 9.80. The van der Waals surface area contributed by atoms with Crippen molar-refractivity contribution < 1.29 is 9.90 Å². The number of carboxylic acids is 1. The predicted octanol–water partition coefficient (Wildman–Crippen LogP) is 3.00. The number of hydrogen-bond donors (Lipinski definition) is 1. The minimum atomic E-state index is -0.630. The number of aliphatic carboxylic acids is 1. The van der Waals surface area contributed by atoms with Gasteiger partial charge in [-0.05, 0) is 38.1 Å². The van der Waals surface area contributed by atoms with Crippen molar-refractivity contribution in [2.24, 2.45) is 11.3 Å². The van der Waals surface area contributed by atoms with Crippen molar-refractivity contribution in [3.8, 4) is 0 Å². The van der Waals surface area contributed by atoms with E-state index in [0.717, 1.165) is 31.8 Å². The van der Waals surface area contributed by atoms with Gasteiger partial charge in [-0.2, -0.15) is 0 Å². The Hall–Kier alpha value is -0.570. The van der Waals surface area contributed by atoms with Gasteiger partial charge in [0.2, 0.25) is 0 Å². The maximum absolute atomic E-state index is 11.5. The molecule has 0 atom stereocenters. The smallest absolute Gasteiger partial charge is 0.310 e. The molecular weight excluding hydrogens is 214 g/mol. The Balaban J connectivity index is 2.58. The van der Waals surface area contributed by atoms with Gasteiger partial charge in [0, 0.05) is 13.1 Å². The molecule has 1 fully saturated rings. The molecule has 1 saturated carbocycles. The molecule has 0 aromatic heterocycles. The van der Waals surface area contributed by atoms with Gasteiger partial charge in [0.05, 0.1) is 5.41 Å². The van der Waals surface area contributed by atoms with E-state index in [2.05, 4.69) is 11.8 Å². The van der Waals surface area contributed by atoms with Crippen LogP contribution in [0.1, 0.15) is 52.9 Å². The summed E-state index contributed by atoms with van der Waals surface area (Å²) in [5.74, 6) is 0.185. The van der Waals surface area contributed by atoms with E-state index in [-0.39, 0.29) is 0 Å². The van der Waals surface area contributed by atoms with Crippen molar-refractivity contribution in [2.45, 2.75) is 52.9 Å². The fraction of sp³-hybridized carbons (Fsp3) is 0.929. The monoisotopic (exact) mass is 241 g/mol. The van der Waals surface area contributed by atoms with Crippen LogP contribution in [0.3, 0.4) is 0 Å². The first-order chi connectivity index (χ1) is 8.07. The minimum absolute atomic E-state index is 0.542. The Morgan fingerprint density at radius 1 is 1.29 bits per heavy atom. The molecule has 3 heteroatoms. The molecule has 0 radical (unpaired) electrons. The molecule has 0 saturated heterocycles. The third kappa shape index (κ3) is 3.44. The number of nitrogens with zero attached hydrogens (tertiary/aromatic N) is 1. The van der Waals surface area contributed by atoms with Crippen LogP contribution in [-0.2, 0) is 4.79 Å². The third-order valence-electron chi connectivity index (χ3n) is 4.52. The van der Waals surface area contributed by atoms with Crippen molar-refractivity contribution in [1.29, 1.82) is 0 Å². The van der Waals surface area contributed by atoms with Gasteiger partial charge in [-0.3, -0.25) is 4.79 Å². The first-order valence-electron chi connectivity index (χ1n) is 7.03. The molecule has 1 rings (SSSR count). The van der Waals surface area contributed by atoms with Crippen LogP contribution in [0, 0.1) is 11.3 Å². The van der Waals surface area contributed by atoms with E-state index in [4.69, 9.17) is 0 Å². The molecule has 0 unspecified atom stereocenters. The molecule has 0 amide bonds. The van der Waals surface area contributed by atoms with Crippen LogP contribution in [0.4, 0.5) is 0 Å². The van der Waals surface area contributed by atoms with Gasteiger partial charge in [0.15, 0.2) is 0 Å². The zero-order valence-electron chi connectivity index (χ0n) is 11.5. The molecular formula is C14H27NO2. The van der Waals surface area contributed by atoms with Gasteiger partial charge in [-0.15, -0.1) is 0 Å². The number of rotatable bonds is 8. The average Bonchev–Trinajstić information content (AvgIpc) is 2.27. The van der Waals surface area contributed by atoms with E-state index in [1.807, 2.05) is 13.8 Å². The van der Waals surface area contributed by atoms with Crippen LogP contribution >= 0.6 is 0 Å². The minimum Gasteiger partial charge on any atom is -0.481 e. The summed E-state index contributed by atoms with van der Waals surface area (Å²) in [4.78, 5) is 13.8. The molecule has 17 heavy (non-hydrogen) atoms. The zero-order chi connectivity index (χ0) is 12.9. The maximum Gasteiger partial charge on any atom is 0.310 e. The largest absolute Gasteiger partial charge is 0.481 e. The summed E-state index contributed by atoms with van der Waals surface area (Å²) in [7, 11) is 0. The molecule has 1 N–H and O–H groups in total. The summed E-state index contributed by atoms with van der Waals surface area (Å²) < 4.78 is 0. The lowest BCUT2D eigenvalue weighted by Crippen LogP contribution is -2.44. The second-order valence-corrected chi connectivity index (χ2v) is 5.42. The van der Waals surface area contributed by atoms with Gasteiger partial charge in [-0.1, -0.05) is 27.2 Å². The van der Waals surface area contributed by atoms with Crippen LogP contribution in [0.2, 0.25) is 0 Å². The Kier molecular flexibility index (Phi) is 5.44. The topological polar surface area (TPSA) is 40.5 Å². The van der Waals surface area contributed by atoms with Crippen molar-refractivity contribution in [2.75, 3.05) is 19.6 Å². The van der Waals surface area contributed by atoms with Gasteiger partial charge < -0.3 is 10.0 Å². The normalized spacial score (nSPS) is 17.2. The quantitative estimate of drug-likeness (QED) is 0.710. The van der Waals surface area contributed by atoms with E-state index < -0.39 is 11.4 Å². The maximum atomic E-state index is 11.5. The molecule has 0 aliphatic heterocycles. The fourth-order valence-corrected chi connectivity index (χ4v) is 2.62. The molecule has 100 valence electrons. The van der Waals surface area contributed by atoms with Crippen molar-refractivity contribution in [1.82, 2.24) is 4.90 Å². The molecule has 0 heterocycles. The van der Waals surface area contributed by atoms with Crippen LogP contribution in [-0.4, -0.2) is 35.6 Å². The standard InChI is InChI=1S/C14H27NO2/c1-4-14(5-2,13(16)17)11-15(6-3)10-12-8-7-9-12/h12H,4-11H2,1-3H3,(H,16,17). The molecule has 0 aromatic rings. The highest BCUT2D eigenvalue weighted by atomic mass is 16.4. The number of carboxylic acid groups (broad SMARTS) is 1. The molecule has 0 spiro atoms. The first-order valence-corrected chi connectivity index (χ1v) is 7.03. The summed E-state index contributed by atoms with van der Waals surface area (Å²) >= 11 is 0. The lowest BCUT2D eigenvalue weighted by molar-refractivity contribution is -0.151. The summed E-state index contributed by atoms with van der Waals surface area (Å²) in [5.41, 5.74) is -0.542. The molecule has 0 aromatic carbocycles. The zero-order valence-corrected chi connectivity index (χ0v) is 11.5. The summed E-state index contributed by atoms with van der Waals surface area (Å²) in [6.45, 7) is 8.89. The van der Waals surface area contributed by atoms with E-state index in [9.17, 15) is 9.90 Å². The average molecular weight is 241 g/mol. The van der Waals surface area contributed by atoms with Crippen LogP contribution in [0.25, 0.3) is 0 Å². The fourth-order valence-electron chi connectivity index (χ4n) is 2.62. The van der Waals surface area contributed by atoms with Gasteiger partial charge in [-0.25, -0.2) is 0 Å². The Morgan fingerprint density at radius 3 is 2.18 bits per heavy atom. The summed E-state index contributed by atoms with van der Waals surface area (Å²) in [6.07, 6.45) is 5.46. The van der Waals surface area contributed by atoms with Gasteiger partial charge >= 0.3 is 5.97 Å². The van der Waals surface area contributed by atoms with Crippen LogP contribution < -0.4 is 0 Å². The number of hydrogen-bond acceptors (Lipinski definition) is 2. The molecule has 1 aliphatic rings. The highest BCUT2D eigenvalue weighted by Crippen LogP contribution is 2.31. The summed E-state index contributed by atoms with van der Waals surface area (Å²) in [5, 5.41) is 9.45. The molecule has 3 nitrogen and oxygen atoms in total. The highest BCUT2D eigenvalue weighted by molar-refractivity contribution is 5.74. The van der Waals surface area contributed by atoms with E-state index in [0.29, 0.717) is 6.54 Å². The molecule has 1 aliphatic carbocycles. The Bertz CT molecular complexity index is 245. The Labute approximate surface area is 105 Å². The van der Waals surface area contributed by atoms with Crippen molar-refractivity contribution >= 4 is 5.97 Å². The van der Waals surface area contributed by atoms with Crippen molar-refractivity contribution in [3.63, 3.8) is 0 Å². The molecule has 0 bridgehead atoms. The van der Waals surface area contributed by atoms with E-state index in [1.54, 1.807) is 0 Å².